The van der Waals surface area contributed by atoms with Gasteiger partial charge in [-0.1, -0.05) is 13.8 Å². The van der Waals surface area contributed by atoms with E-state index in [1.54, 1.807) is 6.20 Å². The van der Waals surface area contributed by atoms with E-state index in [9.17, 15) is 5.11 Å². The Morgan fingerprint density at radius 3 is 3.00 bits per heavy atom. The topological polar surface area (TPSA) is 33.1 Å². The van der Waals surface area contributed by atoms with Gasteiger partial charge < -0.3 is 5.11 Å². The number of rotatable bonds is 1. The van der Waals surface area contributed by atoms with Crippen LogP contribution in [0.1, 0.15) is 37.5 Å². The molecule has 2 heteroatoms. The number of nitrogens with zero attached hydrogens (tertiary/aromatic N) is 1. The molecule has 1 aromatic rings. The van der Waals surface area contributed by atoms with Crippen molar-refractivity contribution in [2.24, 2.45) is 11.8 Å². The van der Waals surface area contributed by atoms with Crippen LogP contribution < -0.4 is 0 Å². The molecule has 2 rings (SSSR count). The molecule has 76 valence electrons. The van der Waals surface area contributed by atoms with Crippen molar-refractivity contribution in [1.29, 1.82) is 0 Å². The van der Waals surface area contributed by atoms with Gasteiger partial charge in [0.1, 0.15) is 0 Å². The summed E-state index contributed by atoms with van der Waals surface area (Å²) in [6.07, 6.45) is 5.48. The van der Waals surface area contributed by atoms with Crippen LogP contribution in [0.5, 0.6) is 0 Å². The number of hydrogen-bond donors (Lipinski definition) is 1. The smallest absolute Gasteiger partial charge is 0.0838 e. The van der Waals surface area contributed by atoms with Gasteiger partial charge in [0.25, 0.3) is 0 Å². The Bertz CT molecular complexity index is 322. The predicted octanol–water partition coefficient (Wildman–Crippen LogP) is 2.33. The highest BCUT2D eigenvalue weighted by Gasteiger charge is 2.29. The first-order valence-electron chi connectivity index (χ1n) is 5.31. The monoisotopic (exact) mass is 191 g/mol. The van der Waals surface area contributed by atoms with Crippen molar-refractivity contribution in [1.82, 2.24) is 4.98 Å². The standard InChI is InChI=1S/C12H17NO/c1-8(2)10-4-3-9-5-6-13-7-11(9)12(10)14/h5-8,10,12,14H,3-4H2,1-2H3/t10-,12-/m0/s1. The zero-order valence-electron chi connectivity index (χ0n) is 8.77. The molecule has 0 radical (unpaired) electrons. The molecule has 1 N–H and O–H groups in total. The minimum absolute atomic E-state index is 0.313. The maximum Gasteiger partial charge on any atom is 0.0838 e. The van der Waals surface area contributed by atoms with E-state index >= 15 is 0 Å². The lowest BCUT2D eigenvalue weighted by Gasteiger charge is -2.32. The van der Waals surface area contributed by atoms with Crippen molar-refractivity contribution in [3.8, 4) is 0 Å². The molecule has 0 aliphatic heterocycles. The molecule has 0 amide bonds. The zero-order chi connectivity index (χ0) is 10.1. The summed E-state index contributed by atoms with van der Waals surface area (Å²) < 4.78 is 0. The van der Waals surface area contributed by atoms with E-state index in [-0.39, 0.29) is 6.10 Å². The second-order valence-corrected chi connectivity index (χ2v) is 4.47. The Labute approximate surface area is 85.0 Å². The van der Waals surface area contributed by atoms with Crippen molar-refractivity contribution in [3.05, 3.63) is 29.6 Å². The Morgan fingerprint density at radius 1 is 1.50 bits per heavy atom. The van der Waals surface area contributed by atoms with Gasteiger partial charge in [-0.3, -0.25) is 4.98 Å². The average molecular weight is 191 g/mol. The zero-order valence-corrected chi connectivity index (χ0v) is 8.77. The molecule has 0 saturated carbocycles. The molecule has 2 atom stereocenters. The van der Waals surface area contributed by atoms with E-state index in [4.69, 9.17) is 0 Å². The van der Waals surface area contributed by atoms with Crippen LogP contribution >= 0.6 is 0 Å². The van der Waals surface area contributed by atoms with Gasteiger partial charge in [0, 0.05) is 18.0 Å². The minimum Gasteiger partial charge on any atom is -0.388 e. The second-order valence-electron chi connectivity index (χ2n) is 4.47. The normalized spacial score (nSPS) is 26.3. The lowest BCUT2D eigenvalue weighted by atomic mass is 9.77. The lowest BCUT2D eigenvalue weighted by molar-refractivity contribution is 0.0666. The highest BCUT2D eigenvalue weighted by Crippen LogP contribution is 2.37. The highest BCUT2D eigenvalue weighted by atomic mass is 16.3. The van der Waals surface area contributed by atoms with Crippen LogP contribution in [0.2, 0.25) is 0 Å². The molecular formula is C12H17NO. The van der Waals surface area contributed by atoms with E-state index in [1.807, 2.05) is 12.3 Å². The van der Waals surface area contributed by atoms with Crippen molar-refractivity contribution >= 4 is 0 Å². The van der Waals surface area contributed by atoms with E-state index in [0.717, 1.165) is 18.4 Å². The molecule has 1 aliphatic rings. The van der Waals surface area contributed by atoms with E-state index in [0.29, 0.717) is 11.8 Å². The molecule has 1 heterocycles. The largest absolute Gasteiger partial charge is 0.388 e. The van der Waals surface area contributed by atoms with E-state index in [1.165, 1.54) is 5.56 Å². The summed E-state index contributed by atoms with van der Waals surface area (Å²) in [5.74, 6) is 0.935. The maximum atomic E-state index is 10.2. The molecular weight excluding hydrogens is 174 g/mol. The lowest BCUT2D eigenvalue weighted by Crippen LogP contribution is -2.24. The summed E-state index contributed by atoms with van der Waals surface area (Å²) in [6.45, 7) is 4.35. The Morgan fingerprint density at radius 2 is 2.29 bits per heavy atom. The number of aliphatic hydroxyl groups excluding tert-OH is 1. The molecule has 0 spiro atoms. The van der Waals surface area contributed by atoms with Crippen LogP contribution in [0.25, 0.3) is 0 Å². The number of pyridine rings is 1. The van der Waals surface area contributed by atoms with Gasteiger partial charge in [-0.2, -0.15) is 0 Å². The fourth-order valence-electron chi connectivity index (χ4n) is 2.34. The van der Waals surface area contributed by atoms with Crippen molar-refractivity contribution in [3.63, 3.8) is 0 Å². The maximum absolute atomic E-state index is 10.2. The number of aryl methyl sites for hydroxylation is 1. The first-order valence-corrected chi connectivity index (χ1v) is 5.31. The molecule has 0 bridgehead atoms. The summed E-state index contributed by atoms with van der Waals surface area (Å²) in [5, 5.41) is 10.2. The van der Waals surface area contributed by atoms with Gasteiger partial charge >= 0.3 is 0 Å². The summed E-state index contributed by atoms with van der Waals surface area (Å²) in [4.78, 5) is 4.08. The molecule has 0 unspecified atom stereocenters. The van der Waals surface area contributed by atoms with Crippen molar-refractivity contribution in [2.75, 3.05) is 0 Å². The highest BCUT2D eigenvalue weighted by molar-refractivity contribution is 5.28. The summed E-state index contributed by atoms with van der Waals surface area (Å²) >= 11 is 0. The SMILES string of the molecule is CC(C)[C@@H]1CCc2ccncc2[C@H]1O. The number of aliphatic hydroxyl groups is 1. The third kappa shape index (κ3) is 1.55. The Hall–Kier alpha value is -0.890. The Kier molecular flexibility index (Phi) is 2.55. The molecule has 14 heavy (non-hydrogen) atoms. The third-order valence-corrected chi connectivity index (χ3v) is 3.27. The van der Waals surface area contributed by atoms with Crippen molar-refractivity contribution in [2.45, 2.75) is 32.8 Å². The molecule has 1 aliphatic carbocycles. The van der Waals surface area contributed by atoms with E-state index in [2.05, 4.69) is 18.8 Å². The third-order valence-electron chi connectivity index (χ3n) is 3.27. The average Bonchev–Trinajstić information content (AvgIpc) is 2.18. The van der Waals surface area contributed by atoms with Gasteiger partial charge in [0.05, 0.1) is 6.10 Å². The number of aromatic nitrogens is 1. The van der Waals surface area contributed by atoms with Crippen LogP contribution in [0.4, 0.5) is 0 Å². The van der Waals surface area contributed by atoms with Gasteiger partial charge in [-0.05, 0) is 36.3 Å². The number of hydrogen-bond acceptors (Lipinski definition) is 2. The van der Waals surface area contributed by atoms with Crippen LogP contribution in [-0.2, 0) is 6.42 Å². The second kappa shape index (κ2) is 3.70. The molecule has 2 nitrogen and oxygen atoms in total. The van der Waals surface area contributed by atoms with Crippen LogP contribution in [0.3, 0.4) is 0 Å². The summed E-state index contributed by atoms with van der Waals surface area (Å²) in [5.41, 5.74) is 2.31. The number of fused-ring (bicyclic) bond motifs is 1. The fourth-order valence-corrected chi connectivity index (χ4v) is 2.34. The first kappa shape index (κ1) is 9.66. The van der Waals surface area contributed by atoms with Crippen LogP contribution in [0.15, 0.2) is 18.5 Å². The molecule has 1 aromatic heterocycles. The van der Waals surface area contributed by atoms with Gasteiger partial charge in [-0.15, -0.1) is 0 Å². The minimum atomic E-state index is -0.313. The molecule has 0 saturated heterocycles. The van der Waals surface area contributed by atoms with Gasteiger partial charge in [0.2, 0.25) is 0 Å². The Balaban J connectivity index is 2.31. The van der Waals surface area contributed by atoms with Crippen LogP contribution in [0, 0.1) is 11.8 Å². The summed E-state index contributed by atoms with van der Waals surface area (Å²) in [7, 11) is 0. The van der Waals surface area contributed by atoms with E-state index < -0.39 is 0 Å². The summed E-state index contributed by atoms with van der Waals surface area (Å²) in [6, 6.07) is 2.02. The quantitative estimate of drug-likeness (QED) is 0.739. The molecule has 0 fully saturated rings. The first-order chi connectivity index (χ1) is 6.70. The van der Waals surface area contributed by atoms with Crippen molar-refractivity contribution < 1.29 is 5.11 Å². The van der Waals surface area contributed by atoms with Gasteiger partial charge in [-0.25, -0.2) is 0 Å². The van der Waals surface area contributed by atoms with Gasteiger partial charge in [0.15, 0.2) is 0 Å². The molecule has 0 aromatic carbocycles. The predicted molar refractivity (Wildman–Crippen MR) is 55.8 cm³/mol. The van der Waals surface area contributed by atoms with Crippen LogP contribution in [-0.4, -0.2) is 10.1 Å². The fraction of sp³-hybridized carbons (Fsp3) is 0.583.